The Morgan fingerprint density at radius 1 is 1.55 bits per heavy atom. The summed E-state index contributed by atoms with van der Waals surface area (Å²) >= 11 is 4.80. The summed E-state index contributed by atoms with van der Waals surface area (Å²) in [7, 11) is 0. The maximum absolute atomic E-state index is 10.1. The van der Waals surface area contributed by atoms with Gasteiger partial charge >= 0.3 is 11.4 Å². The minimum Gasteiger partial charge on any atom is -0.478 e. The number of carbonyl (C=O) groups is 2. The van der Waals surface area contributed by atoms with Gasteiger partial charge in [-0.05, 0) is 0 Å². The summed E-state index contributed by atoms with van der Waals surface area (Å²) in [5.41, 5.74) is -0.953. The van der Waals surface area contributed by atoms with E-state index in [1.54, 1.807) is 0 Å². The van der Waals surface area contributed by atoms with Gasteiger partial charge in [-0.2, -0.15) is 0 Å². The molecular formula is C6H7ClO4. The Balaban J connectivity index is 3.47. The third kappa shape index (κ3) is 5.42. The second-order valence-electron chi connectivity index (χ2n) is 1.74. The lowest BCUT2D eigenvalue weighted by Crippen LogP contribution is -2.04. The molecule has 0 rings (SSSR count). The van der Waals surface area contributed by atoms with Gasteiger partial charge in [0.05, 0.1) is 6.61 Å². The van der Waals surface area contributed by atoms with Crippen LogP contribution in [0.15, 0.2) is 12.2 Å². The lowest BCUT2D eigenvalue weighted by atomic mass is 10.2. The Kier molecular flexibility index (Phi) is 4.29. The number of rotatable bonds is 4. The van der Waals surface area contributed by atoms with Crippen molar-refractivity contribution < 1.29 is 19.4 Å². The topological polar surface area (TPSA) is 63.6 Å². The molecule has 0 unspecified atom stereocenters. The van der Waals surface area contributed by atoms with Gasteiger partial charge in [-0.25, -0.2) is 9.59 Å². The summed E-state index contributed by atoms with van der Waals surface area (Å²) in [5, 5.41) is 8.27. The smallest absolute Gasteiger partial charge is 0.403 e. The maximum atomic E-state index is 10.1. The van der Waals surface area contributed by atoms with E-state index in [1.807, 2.05) is 0 Å². The molecule has 1 N–H and O–H groups in total. The lowest BCUT2D eigenvalue weighted by molar-refractivity contribution is -0.132. The first-order chi connectivity index (χ1) is 5.04. The molecule has 0 aliphatic rings. The van der Waals surface area contributed by atoms with Gasteiger partial charge in [-0.1, -0.05) is 6.58 Å². The second kappa shape index (κ2) is 4.73. The fraction of sp³-hybridized carbons (Fsp3) is 0.333. The van der Waals surface area contributed by atoms with E-state index in [0.29, 0.717) is 0 Å². The van der Waals surface area contributed by atoms with Gasteiger partial charge in [-0.15, -0.1) is 0 Å². The molecule has 0 spiro atoms. The number of aliphatic carboxylic acids is 1. The number of halogens is 1. The van der Waals surface area contributed by atoms with E-state index in [2.05, 4.69) is 11.3 Å². The molecule has 0 atom stereocenters. The Hall–Kier alpha value is -1.03. The van der Waals surface area contributed by atoms with E-state index < -0.39 is 11.4 Å². The Bertz CT molecular complexity index is 187. The molecule has 0 aromatic carbocycles. The van der Waals surface area contributed by atoms with Crippen LogP contribution in [-0.2, 0) is 9.53 Å². The van der Waals surface area contributed by atoms with Crippen LogP contribution in [0.25, 0.3) is 0 Å². The molecular weight excluding hydrogens is 172 g/mol. The van der Waals surface area contributed by atoms with Crippen LogP contribution < -0.4 is 0 Å². The molecule has 0 aliphatic heterocycles. The Labute approximate surface area is 68.4 Å². The highest BCUT2D eigenvalue weighted by Gasteiger charge is 2.04. The van der Waals surface area contributed by atoms with Crippen molar-refractivity contribution in [3.63, 3.8) is 0 Å². The van der Waals surface area contributed by atoms with Crippen LogP contribution in [0.2, 0.25) is 0 Å². The number of carbonyl (C=O) groups excluding carboxylic acids is 1. The average Bonchev–Trinajstić information content (AvgIpc) is 1.86. The molecule has 11 heavy (non-hydrogen) atoms. The highest BCUT2D eigenvalue weighted by Crippen LogP contribution is 1.99. The zero-order valence-corrected chi connectivity index (χ0v) is 6.43. The summed E-state index contributed by atoms with van der Waals surface area (Å²) in [6.07, 6.45) is 0.0911. The molecule has 0 aliphatic carbocycles. The lowest BCUT2D eigenvalue weighted by Gasteiger charge is -1.98. The van der Waals surface area contributed by atoms with Crippen LogP contribution in [0, 0.1) is 0 Å². The number of hydrogen-bond donors (Lipinski definition) is 1. The predicted molar refractivity (Wildman–Crippen MR) is 38.6 cm³/mol. The molecule has 4 nitrogen and oxygen atoms in total. The molecule has 0 heterocycles. The molecule has 0 fully saturated rings. The van der Waals surface area contributed by atoms with Gasteiger partial charge in [-0.3, -0.25) is 0 Å². The standard InChI is InChI=1S/C6H7ClO4/c1-4(5(8)9)2-3-11-6(7)10/h1-3H2,(H,8,9). The largest absolute Gasteiger partial charge is 0.478 e. The van der Waals surface area contributed by atoms with Crippen LogP contribution in [0.1, 0.15) is 6.42 Å². The summed E-state index contributed by atoms with van der Waals surface area (Å²) in [6, 6.07) is 0. The van der Waals surface area contributed by atoms with Gasteiger partial charge < -0.3 is 9.84 Å². The van der Waals surface area contributed by atoms with Crippen molar-refractivity contribution in [3.05, 3.63) is 12.2 Å². The normalized spacial score (nSPS) is 8.82. The highest BCUT2D eigenvalue weighted by atomic mass is 35.5. The monoisotopic (exact) mass is 178 g/mol. The molecule has 0 saturated carbocycles. The van der Waals surface area contributed by atoms with E-state index in [9.17, 15) is 9.59 Å². The fourth-order valence-electron chi connectivity index (χ4n) is 0.361. The molecule has 0 bridgehead atoms. The predicted octanol–water partition coefficient (Wildman–Crippen LogP) is 1.39. The second-order valence-corrected chi connectivity index (χ2v) is 2.05. The van der Waals surface area contributed by atoms with Gasteiger partial charge in [0.2, 0.25) is 0 Å². The molecule has 0 aromatic heterocycles. The molecule has 0 amide bonds. The molecule has 5 heteroatoms. The van der Waals surface area contributed by atoms with Gasteiger partial charge in [0.15, 0.2) is 0 Å². The maximum Gasteiger partial charge on any atom is 0.403 e. The molecule has 0 aromatic rings. The van der Waals surface area contributed by atoms with Crippen molar-refractivity contribution >= 4 is 23.0 Å². The number of ether oxygens (including phenoxy) is 1. The van der Waals surface area contributed by atoms with E-state index in [0.717, 1.165) is 0 Å². The van der Waals surface area contributed by atoms with Crippen LogP contribution in [0.4, 0.5) is 4.79 Å². The fourth-order valence-corrected chi connectivity index (χ4v) is 0.439. The zero-order chi connectivity index (χ0) is 8.85. The number of carboxylic acids is 1. The third-order valence-corrected chi connectivity index (χ3v) is 1.03. The van der Waals surface area contributed by atoms with Crippen molar-refractivity contribution in [1.29, 1.82) is 0 Å². The zero-order valence-electron chi connectivity index (χ0n) is 5.67. The van der Waals surface area contributed by atoms with Crippen molar-refractivity contribution in [1.82, 2.24) is 0 Å². The Morgan fingerprint density at radius 3 is 2.45 bits per heavy atom. The van der Waals surface area contributed by atoms with Crippen molar-refractivity contribution in [2.45, 2.75) is 6.42 Å². The highest BCUT2D eigenvalue weighted by molar-refractivity contribution is 6.61. The minimum atomic E-state index is -1.10. The van der Waals surface area contributed by atoms with Gasteiger partial charge in [0.1, 0.15) is 0 Å². The van der Waals surface area contributed by atoms with Crippen LogP contribution in [-0.4, -0.2) is 23.1 Å². The quantitative estimate of drug-likeness (QED) is 0.522. The first-order valence-corrected chi connectivity index (χ1v) is 3.15. The molecule has 62 valence electrons. The van der Waals surface area contributed by atoms with Gasteiger partial charge in [0.25, 0.3) is 0 Å². The molecule has 0 saturated heterocycles. The summed E-state index contributed by atoms with van der Waals surface area (Å²) in [4.78, 5) is 20.1. The van der Waals surface area contributed by atoms with E-state index in [1.165, 1.54) is 0 Å². The first kappa shape index (κ1) is 9.97. The van der Waals surface area contributed by atoms with Crippen molar-refractivity contribution in [3.8, 4) is 0 Å². The van der Waals surface area contributed by atoms with Crippen LogP contribution in [0.5, 0.6) is 0 Å². The van der Waals surface area contributed by atoms with E-state index in [4.69, 9.17) is 16.7 Å². The number of carboxylic acid groups (broad SMARTS) is 1. The summed E-state index contributed by atoms with van der Waals surface area (Å²) in [5.74, 6) is -1.10. The average molecular weight is 179 g/mol. The first-order valence-electron chi connectivity index (χ1n) is 2.77. The number of hydrogen-bond acceptors (Lipinski definition) is 3. The van der Waals surface area contributed by atoms with E-state index in [-0.39, 0.29) is 18.6 Å². The van der Waals surface area contributed by atoms with Gasteiger partial charge in [0, 0.05) is 23.6 Å². The summed E-state index contributed by atoms with van der Waals surface area (Å²) in [6.45, 7) is 3.17. The van der Waals surface area contributed by atoms with Crippen LogP contribution in [0.3, 0.4) is 0 Å². The minimum absolute atomic E-state index is 0.0112. The van der Waals surface area contributed by atoms with Crippen molar-refractivity contribution in [2.24, 2.45) is 0 Å². The Morgan fingerprint density at radius 2 is 2.09 bits per heavy atom. The SMILES string of the molecule is C=C(CCOC(=O)Cl)C(=O)O. The molecule has 0 radical (unpaired) electrons. The third-order valence-electron chi connectivity index (χ3n) is 0.922. The van der Waals surface area contributed by atoms with Crippen LogP contribution >= 0.6 is 11.6 Å². The summed E-state index contributed by atoms with van der Waals surface area (Å²) < 4.78 is 4.27. The van der Waals surface area contributed by atoms with E-state index >= 15 is 0 Å². The van der Waals surface area contributed by atoms with Crippen molar-refractivity contribution in [2.75, 3.05) is 6.61 Å².